The summed E-state index contributed by atoms with van der Waals surface area (Å²) in [5, 5.41) is 14.0. The van der Waals surface area contributed by atoms with Gasteiger partial charge in [-0.2, -0.15) is 0 Å². The fourth-order valence-electron chi connectivity index (χ4n) is 6.52. The number of hydrogen-bond donors (Lipinski definition) is 5. The number of nitrogens with one attached hydrogen (secondary N) is 5. The fourth-order valence-corrected chi connectivity index (χ4v) is 7.38. The van der Waals surface area contributed by atoms with Gasteiger partial charge in [-0.05, 0) is 37.3 Å². The molecule has 1 aromatic carbocycles. The first-order valence-electron chi connectivity index (χ1n) is 17.7. The first kappa shape index (κ1) is 38.9. The van der Waals surface area contributed by atoms with Gasteiger partial charge in [-0.3, -0.25) is 33.6 Å². The number of thiazole rings is 1. The summed E-state index contributed by atoms with van der Waals surface area (Å²) in [5.74, 6) is -3.25. The Labute approximate surface area is 311 Å². The van der Waals surface area contributed by atoms with Crippen LogP contribution in [0.1, 0.15) is 67.1 Å². The van der Waals surface area contributed by atoms with E-state index in [0.717, 1.165) is 16.5 Å². The third-order valence-electron chi connectivity index (χ3n) is 9.32. The molecule has 17 heteroatoms. The van der Waals surface area contributed by atoms with Gasteiger partial charge in [0.1, 0.15) is 28.8 Å². The smallest absolute Gasteiger partial charge is 0.271 e. The third kappa shape index (κ3) is 9.77. The van der Waals surface area contributed by atoms with Gasteiger partial charge in [-0.1, -0.05) is 32.0 Å². The van der Waals surface area contributed by atoms with Gasteiger partial charge in [-0.25, -0.2) is 4.98 Å². The van der Waals surface area contributed by atoms with E-state index in [1.54, 1.807) is 11.6 Å². The minimum absolute atomic E-state index is 0.0208. The van der Waals surface area contributed by atoms with Gasteiger partial charge in [0.2, 0.25) is 35.4 Å². The quantitative estimate of drug-likeness (QED) is 0.251. The van der Waals surface area contributed by atoms with Crippen LogP contribution in [0.5, 0.6) is 0 Å². The van der Waals surface area contributed by atoms with Gasteiger partial charge >= 0.3 is 0 Å². The van der Waals surface area contributed by atoms with Crippen LogP contribution in [0.15, 0.2) is 35.8 Å². The summed E-state index contributed by atoms with van der Waals surface area (Å²) in [6.07, 6.45) is 2.84. The van der Waals surface area contributed by atoms with Gasteiger partial charge in [0.05, 0.1) is 19.1 Å². The molecular weight excluding hydrogens is 703 g/mol. The second kappa shape index (κ2) is 17.0. The lowest BCUT2D eigenvalue weighted by Crippen LogP contribution is -2.53. The maximum atomic E-state index is 13.9. The highest BCUT2D eigenvalue weighted by Gasteiger charge is 2.34. The standard InChI is InChI=1S/C36H47N9O7S/c1-20(2)14-26-33-42-28(19-53-33)32(49)41-27(15-22-16-37-24-9-7-6-8-23(22)24)35(51)44(5)17-30(47)38-21(3)34(50)43(4)12-13-45(18-31(48)40-26)36(52)25-10-11-29(46)39-25/h6-9,16,19-21,25-27,37H,10-15,17-18H2,1-5H3,(H,38,47)(H,39,46)(H,40,48)(H,41,49)/t21-,25+,26-,27+/m0/s1. The van der Waals surface area contributed by atoms with E-state index >= 15 is 0 Å². The van der Waals surface area contributed by atoms with E-state index in [9.17, 15) is 33.6 Å². The predicted molar refractivity (Wildman–Crippen MR) is 196 cm³/mol. The summed E-state index contributed by atoms with van der Waals surface area (Å²) in [6, 6.07) is 4.12. The fraction of sp³-hybridized carbons (Fsp3) is 0.500. The maximum Gasteiger partial charge on any atom is 0.271 e. The highest BCUT2D eigenvalue weighted by molar-refractivity contribution is 7.09. The Kier molecular flexibility index (Phi) is 12.5. The summed E-state index contributed by atoms with van der Waals surface area (Å²) < 4.78 is 0. The monoisotopic (exact) mass is 749 g/mol. The van der Waals surface area contributed by atoms with Crippen molar-refractivity contribution in [2.75, 3.05) is 40.3 Å². The topological polar surface area (TPSA) is 206 Å². The van der Waals surface area contributed by atoms with Crippen molar-refractivity contribution in [1.82, 2.24) is 45.9 Å². The predicted octanol–water partition coefficient (Wildman–Crippen LogP) is 0.711. The van der Waals surface area contributed by atoms with Crippen molar-refractivity contribution in [2.45, 2.75) is 70.6 Å². The lowest BCUT2D eigenvalue weighted by atomic mass is 10.0. The van der Waals surface area contributed by atoms with Crippen LogP contribution in [0.3, 0.4) is 0 Å². The average molecular weight is 750 g/mol. The number of rotatable bonds is 5. The van der Waals surface area contributed by atoms with Gasteiger partial charge < -0.3 is 41.0 Å². The number of aromatic amines is 1. The number of para-hydroxylation sites is 1. The van der Waals surface area contributed by atoms with E-state index in [-0.39, 0.29) is 63.0 Å². The molecule has 4 heterocycles. The summed E-state index contributed by atoms with van der Waals surface area (Å²) >= 11 is 1.19. The van der Waals surface area contributed by atoms with Crippen LogP contribution in [-0.4, -0.2) is 124 Å². The third-order valence-corrected chi connectivity index (χ3v) is 10.3. The molecule has 1 fully saturated rings. The molecule has 16 nitrogen and oxygen atoms in total. The van der Waals surface area contributed by atoms with Crippen molar-refractivity contribution >= 4 is 63.6 Å². The normalized spacial score (nSPS) is 23.1. The second-order valence-electron chi connectivity index (χ2n) is 14.1. The molecule has 2 aliphatic heterocycles. The number of likely N-dealkylation sites (N-methyl/N-ethyl adjacent to an activating group) is 2. The molecule has 0 radical (unpaired) electrons. The molecule has 4 atom stereocenters. The SMILES string of the molecule is CC(C)C[C@@H]1NC(=O)CN(C(=O)[C@H]2CCC(=O)N2)CCN(C)C(=O)[C@H](C)NC(=O)CN(C)C(=O)[C@@H](Cc2c[nH]c3ccccc23)NC(=O)c2csc1n2. The molecule has 5 N–H and O–H groups in total. The molecule has 2 bridgehead atoms. The van der Waals surface area contributed by atoms with Crippen LogP contribution in [0.25, 0.3) is 10.9 Å². The minimum Gasteiger partial charge on any atom is -0.361 e. The second-order valence-corrected chi connectivity index (χ2v) is 15.0. The Morgan fingerprint density at radius 3 is 2.34 bits per heavy atom. The van der Waals surface area contributed by atoms with Crippen molar-refractivity contribution in [3.63, 3.8) is 0 Å². The number of carbonyl (C=O) groups excluding carboxylic acids is 7. The van der Waals surface area contributed by atoms with E-state index in [4.69, 9.17) is 0 Å². The van der Waals surface area contributed by atoms with Gasteiger partial charge in [0, 0.05) is 62.5 Å². The number of carbonyl (C=O) groups is 7. The van der Waals surface area contributed by atoms with Gasteiger partial charge in [0.15, 0.2) is 0 Å². The Morgan fingerprint density at radius 2 is 1.62 bits per heavy atom. The molecule has 2 aromatic heterocycles. The molecule has 284 valence electrons. The van der Waals surface area contributed by atoms with E-state index in [2.05, 4.69) is 31.2 Å². The van der Waals surface area contributed by atoms with Crippen molar-refractivity contribution in [3.8, 4) is 0 Å². The zero-order chi connectivity index (χ0) is 38.4. The van der Waals surface area contributed by atoms with Crippen LogP contribution >= 0.6 is 11.3 Å². The molecule has 53 heavy (non-hydrogen) atoms. The number of H-pyrrole nitrogens is 1. The van der Waals surface area contributed by atoms with E-state index in [1.165, 1.54) is 47.1 Å². The number of benzene rings is 1. The van der Waals surface area contributed by atoms with Crippen molar-refractivity contribution in [3.05, 3.63) is 52.1 Å². The van der Waals surface area contributed by atoms with Crippen LogP contribution in [0.4, 0.5) is 0 Å². The summed E-state index contributed by atoms with van der Waals surface area (Å²) in [6.45, 7) is 4.75. The Hall–Kier alpha value is -5.32. The average Bonchev–Trinajstić information content (AvgIpc) is 3.88. The first-order chi connectivity index (χ1) is 25.2. The summed E-state index contributed by atoms with van der Waals surface area (Å²) in [7, 11) is 2.97. The zero-order valence-electron chi connectivity index (χ0n) is 30.6. The molecule has 3 aromatic rings. The van der Waals surface area contributed by atoms with Crippen LogP contribution < -0.4 is 21.3 Å². The zero-order valence-corrected chi connectivity index (χ0v) is 31.4. The van der Waals surface area contributed by atoms with Crippen LogP contribution in [0, 0.1) is 5.92 Å². The van der Waals surface area contributed by atoms with Crippen molar-refractivity contribution in [2.24, 2.45) is 5.92 Å². The van der Waals surface area contributed by atoms with E-state index < -0.39 is 59.6 Å². The van der Waals surface area contributed by atoms with Gasteiger partial charge in [-0.15, -0.1) is 11.3 Å². The number of hydrogen-bond acceptors (Lipinski definition) is 9. The number of amides is 7. The highest BCUT2D eigenvalue weighted by atomic mass is 32.1. The molecular formula is C36H47N9O7S. The molecule has 7 amide bonds. The molecule has 0 spiro atoms. The molecule has 5 rings (SSSR count). The van der Waals surface area contributed by atoms with Crippen LogP contribution in [0.2, 0.25) is 0 Å². The summed E-state index contributed by atoms with van der Waals surface area (Å²) in [5.41, 5.74) is 1.70. The number of fused-ring (bicyclic) bond motifs is 3. The Balaban J connectivity index is 1.45. The lowest BCUT2D eigenvalue weighted by molar-refractivity contribution is -0.140. The van der Waals surface area contributed by atoms with Gasteiger partial charge in [0.25, 0.3) is 5.91 Å². The lowest BCUT2D eigenvalue weighted by Gasteiger charge is -2.29. The highest BCUT2D eigenvalue weighted by Crippen LogP contribution is 2.26. The minimum atomic E-state index is -1.08. The largest absolute Gasteiger partial charge is 0.361 e. The van der Waals surface area contributed by atoms with Crippen molar-refractivity contribution < 1.29 is 33.6 Å². The molecule has 2 aliphatic rings. The molecule has 0 aliphatic carbocycles. The van der Waals surface area contributed by atoms with E-state index in [1.807, 2.05) is 38.1 Å². The van der Waals surface area contributed by atoms with E-state index in [0.29, 0.717) is 11.4 Å². The van der Waals surface area contributed by atoms with Crippen molar-refractivity contribution in [1.29, 1.82) is 0 Å². The molecule has 0 saturated carbocycles. The molecule has 0 unspecified atom stereocenters. The Bertz CT molecular complexity index is 1870. The van der Waals surface area contributed by atoms with Crippen LogP contribution in [-0.2, 0) is 35.2 Å². The Morgan fingerprint density at radius 1 is 0.887 bits per heavy atom. The number of aromatic nitrogens is 2. The summed E-state index contributed by atoms with van der Waals surface area (Å²) in [4.78, 5) is 105. The first-order valence-corrected chi connectivity index (χ1v) is 18.6. The maximum absolute atomic E-state index is 13.9. The number of nitrogens with zero attached hydrogens (tertiary/aromatic N) is 4. The molecule has 1 saturated heterocycles.